The zero-order chi connectivity index (χ0) is 14.7. The van der Waals surface area contributed by atoms with Crippen LogP contribution in [0.3, 0.4) is 0 Å². The lowest BCUT2D eigenvalue weighted by Gasteiger charge is -2.21. The maximum absolute atomic E-state index is 14.0. The summed E-state index contributed by atoms with van der Waals surface area (Å²) in [6.07, 6.45) is 0. The number of hydrogen-bond acceptors (Lipinski definition) is 1. The molecule has 1 unspecified atom stereocenters. The standard InChI is InChI=1S/C15H13BrClF2N/c1-2-20-15(11-5-3-9(17)7-13(11)16)12-6-4-10(18)8-14(12)19/h3-8,15,20H,2H2,1H3. The Bertz CT molecular complexity index is 567. The van der Waals surface area contributed by atoms with Gasteiger partial charge in [0.05, 0.1) is 6.04 Å². The van der Waals surface area contributed by atoms with Gasteiger partial charge in [-0.25, -0.2) is 8.78 Å². The fourth-order valence-corrected chi connectivity index (χ4v) is 2.97. The van der Waals surface area contributed by atoms with Gasteiger partial charge in [0.1, 0.15) is 11.6 Å². The van der Waals surface area contributed by atoms with Crippen LogP contribution in [-0.2, 0) is 0 Å². The highest BCUT2D eigenvalue weighted by molar-refractivity contribution is 9.10. The average molecular weight is 361 g/mol. The van der Waals surface area contributed by atoms with E-state index in [0.717, 1.165) is 16.1 Å². The summed E-state index contributed by atoms with van der Waals surface area (Å²) in [7, 11) is 0. The largest absolute Gasteiger partial charge is 0.306 e. The van der Waals surface area contributed by atoms with Crippen molar-refractivity contribution in [1.82, 2.24) is 5.32 Å². The van der Waals surface area contributed by atoms with Crippen LogP contribution in [-0.4, -0.2) is 6.54 Å². The minimum Gasteiger partial charge on any atom is -0.306 e. The van der Waals surface area contributed by atoms with Crippen molar-refractivity contribution in [3.05, 3.63) is 68.7 Å². The van der Waals surface area contributed by atoms with Crippen molar-refractivity contribution >= 4 is 27.5 Å². The topological polar surface area (TPSA) is 12.0 Å². The lowest BCUT2D eigenvalue weighted by atomic mass is 9.98. The maximum atomic E-state index is 14.0. The Balaban J connectivity index is 2.50. The van der Waals surface area contributed by atoms with Crippen molar-refractivity contribution in [3.8, 4) is 0 Å². The zero-order valence-corrected chi connectivity index (χ0v) is 13.1. The molecular formula is C15H13BrClF2N. The van der Waals surface area contributed by atoms with Crippen molar-refractivity contribution in [3.63, 3.8) is 0 Å². The summed E-state index contributed by atoms with van der Waals surface area (Å²) in [5.41, 5.74) is 1.25. The smallest absolute Gasteiger partial charge is 0.131 e. The quantitative estimate of drug-likeness (QED) is 0.802. The molecule has 0 spiro atoms. The molecule has 0 aliphatic rings. The second-order valence-electron chi connectivity index (χ2n) is 4.32. The SMILES string of the molecule is CCNC(c1ccc(F)cc1F)c1ccc(Cl)cc1Br. The van der Waals surface area contributed by atoms with Crippen molar-refractivity contribution in [2.24, 2.45) is 0 Å². The van der Waals surface area contributed by atoms with Crippen molar-refractivity contribution in [2.45, 2.75) is 13.0 Å². The van der Waals surface area contributed by atoms with E-state index in [1.165, 1.54) is 12.1 Å². The summed E-state index contributed by atoms with van der Waals surface area (Å²) in [4.78, 5) is 0. The molecule has 106 valence electrons. The molecular weight excluding hydrogens is 348 g/mol. The van der Waals surface area contributed by atoms with Crippen molar-refractivity contribution in [1.29, 1.82) is 0 Å². The second-order valence-corrected chi connectivity index (χ2v) is 5.61. The molecule has 0 fully saturated rings. The molecule has 2 aromatic carbocycles. The molecule has 1 N–H and O–H groups in total. The third-order valence-electron chi connectivity index (χ3n) is 2.96. The molecule has 5 heteroatoms. The van der Waals surface area contributed by atoms with Crippen molar-refractivity contribution < 1.29 is 8.78 Å². The molecule has 0 amide bonds. The molecule has 2 aromatic rings. The third kappa shape index (κ3) is 3.37. The monoisotopic (exact) mass is 359 g/mol. The van der Waals surface area contributed by atoms with Gasteiger partial charge in [-0.3, -0.25) is 0 Å². The molecule has 0 aliphatic carbocycles. The zero-order valence-electron chi connectivity index (χ0n) is 10.8. The first-order valence-corrected chi connectivity index (χ1v) is 7.33. The highest BCUT2D eigenvalue weighted by Crippen LogP contribution is 2.32. The van der Waals surface area contributed by atoms with Gasteiger partial charge >= 0.3 is 0 Å². The van der Waals surface area contributed by atoms with Crippen LogP contribution in [0.15, 0.2) is 40.9 Å². The summed E-state index contributed by atoms with van der Waals surface area (Å²) in [6.45, 7) is 2.58. The highest BCUT2D eigenvalue weighted by Gasteiger charge is 2.19. The average Bonchev–Trinajstić information content (AvgIpc) is 2.37. The molecule has 1 nitrogen and oxygen atoms in total. The number of halogens is 4. The van der Waals surface area contributed by atoms with Crippen LogP contribution in [0.25, 0.3) is 0 Å². The van der Waals surface area contributed by atoms with E-state index in [4.69, 9.17) is 11.6 Å². The Kier molecular flexibility index (Phi) is 5.13. The van der Waals surface area contributed by atoms with E-state index < -0.39 is 11.6 Å². The van der Waals surface area contributed by atoms with Crippen LogP contribution in [0.5, 0.6) is 0 Å². The molecule has 0 saturated heterocycles. The van der Waals surface area contributed by atoms with Crippen LogP contribution in [0.4, 0.5) is 8.78 Å². The fourth-order valence-electron chi connectivity index (χ4n) is 2.06. The summed E-state index contributed by atoms with van der Waals surface area (Å²) >= 11 is 9.36. The van der Waals surface area contributed by atoms with Gasteiger partial charge in [0.15, 0.2) is 0 Å². The summed E-state index contributed by atoms with van der Waals surface area (Å²) in [6, 6.07) is 8.56. The van der Waals surface area contributed by atoms with E-state index in [9.17, 15) is 8.78 Å². The van der Waals surface area contributed by atoms with Gasteiger partial charge < -0.3 is 5.32 Å². The van der Waals surface area contributed by atoms with Gasteiger partial charge in [-0.15, -0.1) is 0 Å². The van der Waals surface area contributed by atoms with Gasteiger partial charge in [0.25, 0.3) is 0 Å². The van der Waals surface area contributed by atoms with Gasteiger partial charge in [-0.05, 0) is 30.3 Å². The molecule has 0 heterocycles. The minimum absolute atomic E-state index is 0.368. The lowest BCUT2D eigenvalue weighted by Crippen LogP contribution is -2.23. The van der Waals surface area contributed by atoms with E-state index in [0.29, 0.717) is 17.1 Å². The fraction of sp³-hybridized carbons (Fsp3) is 0.200. The first-order valence-electron chi connectivity index (χ1n) is 6.16. The van der Waals surface area contributed by atoms with E-state index in [2.05, 4.69) is 21.2 Å². The van der Waals surface area contributed by atoms with Crippen LogP contribution in [0.1, 0.15) is 24.1 Å². The predicted octanol–water partition coefficient (Wildman–Crippen LogP) is 5.08. The minimum atomic E-state index is -0.586. The van der Waals surface area contributed by atoms with E-state index in [1.807, 2.05) is 13.0 Å². The second kappa shape index (κ2) is 6.66. The Morgan fingerprint density at radius 1 is 1.15 bits per heavy atom. The number of benzene rings is 2. The third-order valence-corrected chi connectivity index (χ3v) is 3.88. The summed E-state index contributed by atoms with van der Waals surface area (Å²) < 4.78 is 27.8. The molecule has 0 bridgehead atoms. The molecule has 0 saturated carbocycles. The predicted molar refractivity (Wildman–Crippen MR) is 81.0 cm³/mol. The maximum Gasteiger partial charge on any atom is 0.131 e. The summed E-state index contributed by atoms with van der Waals surface area (Å²) in [5.74, 6) is -1.16. The lowest BCUT2D eigenvalue weighted by molar-refractivity contribution is 0.540. The van der Waals surface area contributed by atoms with Crippen LogP contribution in [0.2, 0.25) is 5.02 Å². The summed E-state index contributed by atoms with van der Waals surface area (Å²) in [5, 5.41) is 3.79. The van der Waals surface area contributed by atoms with Gasteiger partial charge in [-0.2, -0.15) is 0 Å². The molecule has 2 rings (SSSR count). The Morgan fingerprint density at radius 3 is 2.45 bits per heavy atom. The van der Waals surface area contributed by atoms with Crippen molar-refractivity contribution in [2.75, 3.05) is 6.54 Å². The normalized spacial score (nSPS) is 12.4. The highest BCUT2D eigenvalue weighted by atomic mass is 79.9. The van der Waals surface area contributed by atoms with E-state index >= 15 is 0 Å². The Hall–Kier alpha value is -0.970. The van der Waals surface area contributed by atoms with Crippen LogP contribution in [0, 0.1) is 11.6 Å². The Labute approximate surface area is 130 Å². The Morgan fingerprint density at radius 2 is 1.85 bits per heavy atom. The van der Waals surface area contributed by atoms with Crippen LogP contribution < -0.4 is 5.32 Å². The van der Waals surface area contributed by atoms with Gasteiger partial charge in [0.2, 0.25) is 0 Å². The first-order chi connectivity index (χ1) is 9.52. The van der Waals surface area contributed by atoms with Gasteiger partial charge in [-0.1, -0.05) is 46.6 Å². The molecule has 1 atom stereocenters. The molecule has 0 radical (unpaired) electrons. The number of rotatable bonds is 4. The van der Waals surface area contributed by atoms with Gasteiger partial charge in [0, 0.05) is 21.1 Å². The van der Waals surface area contributed by atoms with E-state index in [1.54, 1.807) is 12.1 Å². The number of nitrogens with one attached hydrogen (secondary N) is 1. The molecule has 20 heavy (non-hydrogen) atoms. The van der Waals surface area contributed by atoms with E-state index in [-0.39, 0.29) is 6.04 Å². The number of hydrogen-bond donors (Lipinski definition) is 1. The molecule has 0 aliphatic heterocycles. The van der Waals surface area contributed by atoms with Crippen LogP contribution >= 0.6 is 27.5 Å². The molecule has 0 aromatic heterocycles. The first kappa shape index (κ1) is 15.4.